The van der Waals surface area contributed by atoms with Crippen LogP contribution in [0.3, 0.4) is 0 Å². The van der Waals surface area contributed by atoms with E-state index in [2.05, 4.69) is 17.4 Å². The Bertz CT molecular complexity index is 944. The van der Waals surface area contributed by atoms with E-state index in [0.29, 0.717) is 17.8 Å². The van der Waals surface area contributed by atoms with Gasteiger partial charge < -0.3 is 0 Å². The Kier molecular flexibility index (Phi) is 6.54. The predicted molar refractivity (Wildman–Crippen MR) is 99.1 cm³/mol. The minimum atomic E-state index is -0.807. The maximum absolute atomic E-state index is 14.3. The van der Waals surface area contributed by atoms with E-state index in [9.17, 15) is 13.6 Å². The number of para-hydroxylation sites is 1. The van der Waals surface area contributed by atoms with Crippen LogP contribution in [0.5, 0.6) is 0 Å². The monoisotopic (exact) mass is 398 g/mol. The predicted octanol–water partition coefficient (Wildman–Crippen LogP) is 4.41. The molecule has 0 aliphatic heterocycles. The average molecular weight is 398 g/mol. The van der Waals surface area contributed by atoms with Crippen LogP contribution in [0.1, 0.15) is 27.9 Å². The molecule has 2 nitrogen and oxygen atoms in total. The number of nitrogens with one attached hydrogen (secondary N) is 1. The molecule has 3 aromatic carbocycles. The summed E-state index contributed by atoms with van der Waals surface area (Å²) in [6.45, 7) is 0.685. The molecule has 0 aliphatic carbocycles. The molecule has 0 saturated heterocycles. The van der Waals surface area contributed by atoms with Crippen molar-refractivity contribution in [2.24, 2.45) is 0 Å². The number of aryl methyl sites for hydroxylation is 1. The van der Waals surface area contributed by atoms with Crippen LogP contribution in [-0.2, 0) is 26.9 Å². The summed E-state index contributed by atoms with van der Waals surface area (Å²) in [5, 5.41) is 3.26. The molecular formula is C22H18F2NOTi. The van der Waals surface area contributed by atoms with Crippen molar-refractivity contribution in [3.05, 3.63) is 95.1 Å². The molecule has 0 aromatic heterocycles. The van der Waals surface area contributed by atoms with Gasteiger partial charge in [-0.1, -0.05) is 18.2 Å². The van der Waals surface area contributed by atoms with Crippen molar-refractivity contribution in [1.29, 1.82) is 0 Å². The summed E-state index contributed by atoms with van der Waals surface area (Å²) in [5.74, 6) is -1.92. The van der Waals surface area contributed by atoms with Gasteiger partial charge in [0.25, 0.3) is 0 Å². The van der Waals surface area contributed by atoms with Gasteiger partial charge in [-0.25, -0.2) is 0 Å². The Hall–Kier alpha value is -2.30. The molecule has 0 saturated carbocycles. The van der Waals surface area contributed by atoms with Crippen LogP contribution in [0.4, 0.5) is 14.5 Å². The summed E-state index contributed by atoms with van der Waals surface area (Å²) in [6, 6.07) is 19.5. The number of anilines is 1. The molecule has 0 atom stereocenters. The van der Waals surface area contributed by atoms with Crippen LogP contribution in [0.15, 0.2) is 66.7 Å². The van der Waals surface area contributed by atoms with E-state index in [1.54, 1.807) is 18.2 Å². The third kappa shape index (κ3) is 4.71. The van der Waals surface area contributed by atoms with Crippen molar-refractivity contribution in [1.82, 2.24) is 0 Å². The van der Waals surface area contributed by atoms with Crippen LogP contribution in [-0.4, -0.2) is 12.3 Å². The molecule has 0 spiro atoms. The minimum absolute atomic E-state index is 0.118. The van der Waals surface area contributed by atoms with Crippen LogP contribution < -0.4 is 9.18 Å². The van der Waals surface area contributed by atoms with Gasteiger partial charge in [-0.05, 0) is 0 Å². The number of rotatable bonds is 7. The summed E-state index contributed by atoms with van der Waals surface area (Å²) in [6.07, 6.45) is 1.83. The van der Waals surface area contributed by atoms with Crippen LogP contribution in [0, 0.1) is 11.6 Å². The topological polar surface area (TPSA) is 29.1 Å². The number of hydrogen-bond acceptors (Lipinski definition) is 2. The van der Waals surface area contributed by atoms with Crippen LogP contribution >= 0.6 is 0 Å². The molecule has 0 heterocycles. The third-order valence-corrected chi connectivity index (χ3v) is 5.02. The van der Waals surface area contributed by atoms with E-state index in [-0.39, 0.29) is 9.43 Å². The maximum atomic E-state index is 14.3. The molecule has 0 aliphatic rings. The first-order valence-corrected chi connectivity index (χ1v) is 9.47. The van der Waals surface area contributed by atoms with Gasteiger partial charge in [0.05, 0.1) is 0 Å². The van der Waals surface area contributed by atoms with Crippen LogP contribution in [0.25, 0.3) is 0 Å². The van der Waals surface area contributed by atoms with E-state index >= 15 is 0 Å². The third-order valence-electron chi connectivity index (χ3n) is 4.31. The molecule has 0 amide bonds. The summed E-state index contributed by atoms with van der Waals surface area (Å²) in [5.41, 5.74) is 2.17. The fourth-order valence-electron chi connectivity index (χ4n) is 2.87. The van der Waals surface area contributed by atoms with E-state index in [0.717, 1.165) is 18.9 Å². The standard InChI is InChI=1S/C22H18F2NO.Ti/c23-17-12-13-18(20(24)15-17)22(26)19-10-4-5-11-21(19)25-14-6-9-16-7-2-1-3-8-16;/h1-5,7-8,10-13,25H,6,9,14H2;. The van der Waals surface area contributed by atoms with Gasteiger partial charge in [-0.2, -0.15) is 0 Å². The number of hydrogen-bond donors (Lipinski definition) is 1. The SMILES string of the molecule is O=C(c1ccccc1NCCCc1ccccc1)c1ccc(F)[c]([Ti])c1F. The molecule has 3 aromatic rings. The van der Waals surface area contributed by atoms with Gasteiger partial charge in [0.2, 0.25) is 0 Å². The zero-order valence-corrected chi connectivity index (χ0v) is 16.2. The summed E-state index contributed by atoms with van der Waals surface area (Å²) in [7, 11) is 0. The zero-order valence-electron chi connectivity index (χ0n) is 14.6. The number of ketones is 1. The van der Waals surface area contributed by atoms with Gasteiger partial charge in [0.15, 0.2) is 0 Å². The fourth-order valence-corrected chi connectivity index (χ4v) is 3.21. The Morgan fingerprint density at radius 1 is 0.889 bits per heavy atom. The Morgan fingerprint density at radius 3 is 2.37 bits per heavy atom. The van der Waals surface area contributed by atoms with E-state index < -0.39 is 17.4 Å². The zero-order chi connectivity index (χ0) is 19.2. The molecular weight excluding hydrogens is 380 g/mol. The first kappa shape index (κ1) is 19.5. The average Bonchev–Trinajstić information content (AvgIpc) is 2.70. The first-order chi connectivity index (χ1) is 13.1. The second-order valence-corrected chi connectivity index (χ2v) is 6.96. The molecule has 5 heteroatoms. The molecule has 0 fully saturated rings. The second-order valence-electron chi connectivity index (χ2n) is 6.17. The first-order valence-electron chi connectivity index (χ1n) is 8.69. The summed E-state index contributed by atoms with van der Waals surface area (Å²) in [4.78, 5) is 12.8. The van der Waals surface area contributed by atoms with E-state index in [4.69, 9.17) is 0 Å². The van der Waals surface area contributed by atoms with Gasteiger partial charge >= 0.3 is 151 Å². The molecule has 27 heavy (non-hydrogen) atoms. The summed E-state index contributed by atoms with van der Waals surface area (Å²) < 4.78 is 27.7. The number of benzene rings is 3. The van der Waals surface area contributed by atoms with Crippen LogP contribution in [0.2, 0.25) is 0 Å². The van der Waals surface area contributed by atoms with Crippen molar-refractivity contribution in [3.8, 4) is 0 Å². The number of carbonyl (C=O) groups excluding carboxylic acids is 1. The van der Waals surface area contributed by atoms with Gasteiger partial charge in [0.1, 0.15) is 0 Å². The summed E-state index contributed by atoms with van der Waals surface area (Å²) >= 11 is 1.33. The number of halogens is 2. The molecule has 0 unspecified atom stereocenters. The van der Waals surface area contributed by atoms with Gasteiger partial charge in [-0.15, -0.1) is 0 Å². The van der Waals surface area contributed by atoms with Gasteiger partial charge in [0, 0.05) is 0 Å². The Morgan fingerprint density at radius 2 is 1.59 bits per heavy atom. The Labute approximate surface area is 169 Å². The molecule has 3 rings (SSSR count). The fraction of sp³-hybridized carbons (Fsp3) is 0.136. The molecule has 135 valence electrons. The quantitative estimate of drug-likeness (QED) is 0.363. The van der Waals surface area contributed by atoms with Crippen molar-refractivity contribution in [2.75, 3.05) is 11.9 Å². The Balaban J connectivity index is 1.72. The molecule has 0 bridgehead atoms. The van der Waals surface area contributed by atoms with Gasteiger partial charge in [-0.3, -0.25) is 0 Å². The number of carbonyl (C=O) groups is 1. The van der Waals surface area contributed by atoms with Crippen molar-refractivity contribution >= 4 is 15.3 Å². The van der Waals surface area contributed by atoms with E-state index in [1.165, 1.54) is 32.1 Å². The second kappa shape index (κ2) is 9.07. The van der Waals surface area contributed by atoms with Crippen molar-refractivity contribution in [3.63, 3.8) is 0 Å². The van der Waals surface area contributed by atoms with Crippen molar-refractivity contribution in [2.45, 2.75) is 12.8 Å². The van der Waals surface area contributed by atoms with Crippen molar-refractivity contribution < 1.29 is 34.0 Å². The normalized spacial score (nSPS) is 10.6. The molecule has 0 radical (unpaired) electrons. The molecule has 1 N–H and O–H groups in total. The van der Waals surface area contributed by atoms with E-state index in [1.807, 2.05) is 24.3 Å².